The molecule has 98 valence electrons. The molecule has 0 radical (unpaired) electrons. The first-order valence-electron chi connectivity index (χ1n) is 5.41. The molecule has 1 rings (SSSR count). The molecule has 0 fully saturated rings. The summed E-state index contributed by atoms with van der Waals surface area (Å²) in [5.41, 5.74) is 10.0. The van der Waals surface area contributed by atoms with Crippen molar-refractivity contribution in [1.29, 1.82) is 0 Å². The molecule has 0 unspecified atom stereocenters. The molecule has 0 aliphatic carbocycles. The molecule has 0 saturated carbocycles. The highest BCUT2D eigenvalue weighted by Crippen LogP contribution is 2.24. The molecule has 0 spiro atoms. The van der Waals surface area contributed by atoms with Crippen LogP contribution in [0, 0.1) is 5.41 Å². The molecule has 0 bridgehead atoms. The number of phenolic OH excluding ortho intramolecular Hbond substituents is 1. The van der Waals surface area contributed by atoms with E-state index in [4.69, 9.17) is 11.5 Å². The van der Waals surface area contributed by atoms with Crippen LogP contribution in [0.3, 0.4) is 0 Å². The first-order chi connectivity index (χ1) is 8.25. The quantitative estimate of drug-likeness (QED) is 0.452. The van der Waals surface area contributed by atoms with E-state index >= 15 is 0 Å². The van der Waals surface area contributed by atoms with Crippen molar-refractivity contribution < 1.29 is 14.7 Å². The highest BCUT2D eigenvalue weighted by atomic mass is 16.3. The predicted molar refractivity (Wildman–Crippen MR) is 67.8 cm³/mol. The second-order valence-corrected chi connectivity index (χ2v) is 4.67. The molecular weight excluding hydrogens is 234 g/mol. The Kier molecular flexibility index (Phi) is 3.80. The van der Waals surface area contributed by atoms with Crippen LogP contribution in [0.5, 0.6) is 5.75 Å². The Morgan fingerprint density at radius 2 is 2.00 bits per heavy atom. The average Bonchev–Trinajstić information content (AvgIpc) is 2.29. The van der Waals surface area contributed by atoms with Gasteiger partial charge in [-0.15, -0.1) is 0 Å². The van der Waals surface area contributed by atoms with E-state index in [1.165, 1.54) is 12.1 Å². The Morgan fingerprint density at radius 3 is 2.56 bits per heavy atom. The summed E-state index contributed by atoms with van der Waals surface area (Å²) in [5, 5.41) is 12.2. The molecule has 0 aromatic heterocycles. The average molecular weight is 251 g/mol. The molecule has 0 saturated heterocycles. The monoisotopic (exact) mass is 251 g/mol. The molecule has 1 aromatic carbocycles. The lowest BCUT2D eigenvalue weighted by molar-refractivity contribution is -0.125. The Morgan fingerprint density at radius 1 is 1.39 bits per heavy atom. The number of nitrogens with one attached hydrogen (secondary N) is 1. The van der Waals surface area contributed by atoms with Gasteiger partial charge < -0.3 is 21.9 Å². The largest absolute Gasteiger partial charge is 0.505 e. The van der Waals surface area contributed by atoms with Gasteiger partial charge in [-0.2, -0.15) is 0 Å². The number of phenols is 1. The summed E-state index contributed by atoms with van der Waals surface area (Å²) in [6.07, 6.45) is 0. The van der Waals surface area contributed by atoms with Crippen LogP contribution in [-0.4, -0.2) is 23.5 Å². The van der Waals surface area contributed by atoms with E-state index in [1.54, 1.807) is 19.9 Å². The fourth-order valence-electron chi connectivity index (χ4n) is 1.23. The molecule has 0 aliphatic heterocycles. The number of hydrogen-bond donors (Lipinski definition) is 4. The Balaban J connectivity index is 2.78. The second kappa shape index (κ2) is 4.95. The van der Waals surface area contributed by atoms with Gasteiger partial charge in [0.15, 0.2) is 5.75 Å². The van der Waals surface area contributed by atoms with Crippen LogP contribution in [0.25, 0.3) is 0 Å². The van der Waals surface area contributed by atoms with E-state index in [1.807, 2.05) is 0 Å². The van der Waals surface area contributed by atoms with Gasteiger partial charge in [-0.05, 0) is 26.0 Å². The zero-order valence-corrected chi connectivity index (χ0v) is 10.4. The summed E-state index contributed by atoms with van der Waals surface area (Å²) in [4.78, 5) is 22.9. The molecule has 0 aliphatic rings. The number of anilines is 1. The summed E-state index contributed by atoms with van der Waals surface area (Å²) >= 11 is 0. The molecule has 18 heavy (non-hydrogen) atoms. The highest BCUT2D eigenvalue weighted by Gasteiger charge is 2.26. The number of nitrogen functional groups attached to an aromatic ring is 1. The topological polar surface area (TPSA) is 118 Å². The van der Waals surface area contributed by atoms with Gasteiger partial charge >= 0.3 is 0 Å². The van der Waals surface area contributed by atoms with E-state index in [0.29, 0.717) is 0 Å². The van der Waals surface area contributed by atoms with Gasteiger partial charge in [0.05, 0.1) is 16.7 Å². The van der Waals surface area contributed by atoms with Crippen LogP contribution < -0.4 is 16.8 Å². The molecule has 6 heteroatoms. The maximum absolute atomic E-state index is 11.8. The number of hydrogen-bond acceptors (Lipinski definition) is 4. The van der Waals surface area contributed by atoms with E-state index in [2.05, 4.69) is 5.32 Å². The Labute approximate surface area is 105 Å². The van der Waals surface area contributed by atoms with Crippen LogP contribution in [0.2, 0.25) is 0 Å². The van der Waals surface area contributed by atoms with Crippen molar-refractivity contribution in [2.24, 2.45) is 11.1 Å². The summed E-state index contributed by atoms with van der Waals surface area (Å²) in [5.74, 6) is -1.29. The van der Waals surface area contributed by atoms with Crippen molar-refractivity contribution in [3.05, 3.63) is 23.8 Å². The first kappa shape index (κ1) is 13.8. The van der Waals surface area contributed by atoms with E-state index < -0.39 is 17.2 Å². The lowest BCUT2D eigenvalue weighted by atomic mass is 9.92. The van der Waals surface area contributed by atoms with Gasteiger partial charge in [-0.1, -0.05) is 6.07 Å². The normalized spacial score (nSPS) is 11.0. The maximum atomic E-state index is 11.8. The van der Waals surface area contributed by atoms with Crippen LogP contribution in [0.1, 0.15) is 24.2 Å². The molecule has 0 atom stereocenters. The minimum atomic E-state index is -0.856. The lowest BCUT2D eigenvalue weighted by Gasteiger charge is -2.20. The summed E-state index contributed by atoms with van der Waals surface area (Å²) in [7, 11) is 0. The third-order valence-electron chi connectivity index (χ3n) is 2.67. The standard InChI is InChI=1S/C12H17N3O3/c1-12(2,11(14)18)6-15-10(17)7-4-3-5-8(13)9(7)16/h3-5,16H,6,13H2,1-2H3,(H2,14,18)(H,15,17). The van der Waals surface area contributed by atoms with Crippen molar-refractivity contribution in [1.82, 2.24) is 5.32 Å². The summed E-state index contributed by atoms with van der Waals surface area (Å²) in [6, 6.07) is 4.49. The fraction of sp³-hybridized carbons (Fsp3) is 0.333. The lowest BCUT2D eigenvalue weighted by Crippen LogP contribution is -2.42. The number of nitrogens with two attached hydrogens (primary N) is 2. The molecule has 0 heterocycles. The number of carbonyl (C=O) groups is 2. The number of carbonyl (C=O) groups excluding carboxylic acids is 2. The second-order valence-electron chi connectivity index (χ2n) is 4.67. The van der Waals surface area contributed by atoms with E-state index in [9.17, 15) is 14.7 Å². The molecule has 1 aromatic rings. The Bertz CT molecular complexity index is 483. The van der Waals surface area contributed by atoms with Crippen LogP contribution in [0.15, 0.2) is 18.2 Å². The Hall–Kier alpha value is -2.24. The van der Waals surface area contributed by atoms with Crippen molar-refractivity contribution >= 4 is 17.5 Å². The number of para-hydroxylation sites is 1. The van der Waals surface area contributed by atoms with Gasteiger partial charge in [0.2, 0.25) is 5.91 Å². The molecule has 6 nitrogen and oxygen atoms in total. The van der Waals surface area contributed by atoms with E-state index in [0.717, 1.165) is 0 Å². The van der Waals surface area contributed by atoms with Crippen LogP contribution in [0.4, 0.5) is 5.69 Å². The number of aromatic hydroxyl groups is 1. The minimum absolute atomic E-state index is 0.0651. The van der Waals surface area contributed by atoms with E-state index in [-0.39, 0.29) is 23.5 Å². The summed E-state index contributed by atoms with van der Waals surface area (Å²) < 4.78 is 0. The van der Waals surface area contributed by atoms with Gasteiger partial charge in [0.1, 0.15) is 0 Å². The number of benzene rings is 1. The minimum Gasteiger partial charge on any atom is -0.505 e. The number of rotatable bonds is 4. The fourth-order valence-corrected chi connectivity index (χ4v) is 1.23. The van der Waals surface area contributed by atoms with Crippen LogP contribution in [-0.2, 0) is 4.79 Å². The SMILES string of the molecule is CC(C)(CNC(=O)c1cccc(N)c1O)C(N)=O. The summed E-state index contributed by atoms with van der Waals surface area (Å²) in [6.45, 7) is 3.32. The van der Waals surface area contributed by atoms with Crippen molar-refractivity contribution in [3.8, 4) is 5.75 Å². The van der Waals surface area contributed by atoms with Gasteiger partial charge in [-0.3, -0.25) is 9.59 Å². The molecular formula is C12H17N3O3. The number of amides is 2. The van der Waals surface area contributed by atoms with Gasteiger partial charge in [0, 0.05) is 6.54 Å². The van der Waals surface area contributed by atoms with Crippen LogP contribution >= 0.6 is 0 Å². The predicted octanol–water partition coefficient (Wildman–Crippen LogP) is 0.216. The van der Waals surface area contributed by atoms with Crippen molar-refractivity contribution in [2.45, 2.75) is 13.8 Å². The zero-order chi connectivity index (χ0) is 13.9. The van der Waals surface area contributed by atoms with Gasteiger partial charge in [-0.25, -0.2) is 0 Å². The first-order valence-corrected chi connectivity index (χ1v) is 5.41. The molecule has 6 N–H and O–H groups in total. The smallest absolute Gasteiger partial charge is 0.255 e. The van der Waals surface area contributed by atoms with Crippen molar-refractivity contribution in [2.75, 3.05) is 12.3 Å². The third kappa shape index (κ3) is 2.91. The highest BCUT2D eigenvalue weighted by molar-refractivity contribution is 5.98. The third-order valence-corrected chi connectivity index (χ3v) is 2.67. The van der Waals surface area contributed by atoms with Crippen molar-refractivity contribution in [3.63, 3.8) is 0 Å². The number of primary amides is 1. The molecule has 2 amide bonds. The maximum Gasteiger partial charge on any atom is 0.255 e. The zero-order valence-electron chi connectivity index (χ0n) is 10.4. The van der Waals surface area contributed by atoms with Gasteiger partial charge in [0.25, 0.3) is 5.91 Å².